The SMILES string of the molecule is CCCCCOc1ccc(-c2nc3sc4c(c3c(-c3ccc(C)cc3)c2CC(=O)O)CCC4)cc1.Cl. The van der Waals surface area contributed by atoms with Crippen LogP contribution < -0.4 is 4.74 Å². The van der Waals surface area contributed by atoms with Gasteiger partial charge in [-0.1, -0.05) is 49.6 Å². The number of thiophene rings is 1. The lowest BCUT2D eigenvalue weighted by Crippen LogP contribution is -2.06. The molecule has 36 heavy (non-hydrogen) atoms. The Morgan fingerprint density at radius 1 is 1.03 bits per heavy atom. The number of aryl methyl sites for hydroxylation is 3. The summed E-state index contributed by atoms with van der Waals surface area (Å²) in [7, 11) is 0. The second-order valence-corrected chi connectivity index (χ2v) is 10.5. The van der Waals surface area contributed by atoms with Gasteiger partial charge in [-0.25, -0.2) is 4.98 Å². The topological polar surface area (TPSA) is 59.4 Å². The highest BCUT2D eigenvalue weighted by Crippen LogP contribution is 2.45. The van der Waals surface area contributed by atoms with Gasteiger partial charge in [0.15, 0.2) is 0 Å². The molecular formula is C30H32ClNO3S. The first kappa shape index (κ1) is 26.2. The Bertz CT molecular complexity index is 1360. The lowest BCUT2D eigenvalue weighted by atomic mass is 9.90. The molecule has 4 aromatic rings. The number of pyridine rings is 1. The molecule has 2 aromatic carbocycles. The number of carboxylic acids is 1. The number of fused-ring (bicyclic) bond motifs is 3. The average molecular weight is 522 g/mol. The first-order chi connectivity index (χ1) is 17.0. The number of hydrogen-bond donors (Lipinski definition) is 1. The largest absolute Gasteiger partial charge is 0.494 e. The predicted molar refractivity (Wildman–Crippen MR) is 151 cm³/mol. The highest BCUT2D eigenvalue weighted by atomic mass is 35.5. The zero-order valence-corrected chi connectivity index (χ0v) is 22.4. The van der Waals surface area contributed by atoms with Crippen molar-refractivity contribution < 1.29 is 14.6 Å². The third-order valence-electron chi connectivity index (χ3n) is 6.77. The molecule has 2 heterocycles. The molecule has 0 radical (unpaired) electrons. The van der Waals surface area contributed by atoms with Crippen LogP contribution >= 0.6 is 23.7 Å². The number of hydrogen-bond acceptors (Lipinski definition) is 4. The summed E-state index contributed by atoms with van der Waals surface area (Å²) in [5.41, 5.74) is 7.11. The van der Waals surface area contributed by atoms with Crippen molar-refractivity contribution in [2.24, 2.45) is 0 Å². The molecule has 188 valence electrons. The lowest BCUT2D eigenvalue weighted by Gasteiger charge is -2.17. The van der Waals surface area contributed by atoms with Crippen LogP contribution in [0.3, 0.4) is 0 Å². The molecule has 0 spiro atoms. The Kier molecular flexibility index (Phi) is 8.32. The summed E-state index contributed by atoms with van der Waals surface area (Å²) in [5.74, 6) is -0.0110. The minimum Gasteiger partial charge on any atom is -0.494 e. The van der Waals surface area contributed by atoms with Crippen molar-refractivity contribution in [3.8, 4) is 28.1 Å². The molecule has 1 N–H and O–H groups in total. The van der Waals surface area contributed by atoms with E-state index in [0.29, 0.717) is 6.61 Å². The molecule has 0 unspecified atom stereocenters. The highest BCUT2D eigenvalue weighted by molar-refractivity contribution is 7.19. The van der Waals surface area contributed by atoms with Gasteiger partial charge in [0.05, 0.1) is 18.7 Å². The van der Waals surface area contributed by atoms with Gasteiger partial charge in [0, 0.05) is 15.8 Å². The molecule has 0 fully saturated rings. The van der Waals surface area contributed by atoms with Crippen LogP contribution in [0.25, 0.3) is 32.6 Å². The summed E-state index contributed by atoms with van der Waals surface area (Å²) in [6.45, 7) is 4.96. The van der Waals surface area contributed by atoms with Crippen LogP contribution in [-0.4, -0.2) is 22.7 Å². The van der Waals surface area contributed by atoms with Crippen LogP contribution in [0.15, 0.2) is 48.5 Å². The van der Waals surface area contributed by atoms with E-state index in [0.717, 1.165) is 82.4 Å². The van der Waals surface area contributed by atoms with E-state index in [1.54, 1.807) is 11.3 Å². The van der Waals surface area contributed by atoms with E-state index in [1.165, 1.54) is 16.0 Å². The summed E-state index contributed by atoms with van der Waals surface area (Å²) in [5, 5.41) is 11.1. The lowest BCUT2D eigenvalue weighted by molar-refractivity contribution is -0.136. The van der Waals surface area contributed by atoms with Crippen molar-refractivity contribution in [3.05, 3.63) is 70.1 Å². The number of rotatable bonds is 9. The number of carboxylic acid groups (broad SMARTS) is 1. The number of unbranched alkanes of at least 4 members (excludes halogenated alkanes) is 2. The first-order valence-electron chi connectivity index (χ1n) is 12.5. The van der Waals surface area contributed by atoms with E-state index in [9.17, 15) is 9.90 Å². The smallest absolute Gasteiger partial charge is 0.307 e. The fourth-order valence-corrected chi connectivity index (χ4v) is 6.29. The van der Waals surface area contributed by atoms with Gasteiger partial charge < -0.3 is 9.84 Å². The van der Waals surface area contributed by atoms with Gasteiger partial charge in [0.25, 0.3) is 0 Å². The number of aliphatic carboxylic acids is 1. The molecule has 1 aliphatic carbocycles. The Labute approximate surface area is 222 Å². The third kappa shape index (κ3) is 5.28. The molecule has 6 heteroatoms. The third-order valence-corrected chi connectivity index (χ3v) is 7.95. The van der Waals surface area contributed by atoms with Crippen molar-refractivity contribution in [1.82, 2.24) is 4.98 Å². The predicted octanol–water partition coefficient (Wildman–Crippen LogP) is 8.05. The summed E-state index contributed by atoms with van der Waals surface area (Å²) in [6.07, 6.45) is 6.57. The molecule has 2 aromatic heterocycles. The standard InChI is InChI=1S/C30H31NO3S.ClH/c1-3-4-5-17-34-22-15-13-21(14-16-22)29-24(18-26(32)33)27(20-11-9-19(2)10-12-20)28-23-7-6-8-25(23)35-30(28)31-29;/h9-16H,3-8,17-18H2,1-2H3,(H,32,33);1H. The first-order valence-corrected chi connectivity index (χ1v) is 13.4. The highest BCUT2D eigenvalue weighted by Gasteiger charge is 2.26. The monoisotopic (exact) mass is 521 g/mol. The van der Waals surface area contributed by atoms with E-state index in [4.69, 9.17) is 9.72 Å². The van der Waals surface area contributed by atoms with Crippen LogP contribution in [0.2, 0.25) is 0 Å². The number of benzene rings is 2. The van der Waals surface area contributed by atoms with Crippen LogP contribution in [-0.2, 0) is 24.1 Å². The van der Waals surface area contributed by atoms with Gasteiger partial charge in [-0.2, -0.15) is 0 Å². The number of carbonyl (C=O) groups is 1. The van der Waals surface area contributed by atoms with Crippen molar-refractivity contribution in [3.63, 3.8) is 0 Å². The molecular weight excluding hydrogens is 490 g/mol. The summed E-state index contributed by atoms with van der Waals surface area (Å²) in [4.78, 5) is 19.6. The van der Waals surface area contributed by atoms with Crippen molar-refractivity contribution in [1.29, 1.82) is 0 Å². The van der Waals surface area contributed by atoms with Crippen LogP contribution in [0.5, 0.6) is 5.75 Å². The fourth-order valence-electron chi connectivity index (χ4n) is 5.02. The Morgan fingerprint density at radius 2 is 1.75 bits per heavy atom. The molecule has 0 atom stereocenters. The second kappa shape index (κ2) is 11.4. The molecule has 0 saturated heterocycles. The van der Waals surface area contributed by atoms with Crippen molar-refractivity contribution in [2.45, 2.75) is 58.8 Å². The van der Waals surface area contributed by atoms with Gasteiger partial charge in [-0.05, 0) is 79.1 Å². The normalized spacial score (nSPS) is 12.4. The zero-order valence-electron chi connectivity index (χ0n) is 20.8. The van der Waals surface area contributed by atoms with Gasteiger partial charge in [-0.3, -0.25) is 4.79 Å². The number of halogens is 1. The quantitative estimate of drug-likeness (QED) is 0.226. The molecule has 1 aliphatic rings. The summed E-state index contributed by atoms with van der Waals surface area (Å²) < 4.78 is 5.90. The Morgan fingerprint density at radius 3 is 2.44 bits per heavy atom. The van der Waals surface area contributed by atoms with Crippen molar-refractivity contribution >= 4 is 39.9 Å². The Hall–Kier alpha value is -2.89. The minimum atomic E-state index is -0.844. The second-order valence-electron chi connectivity index (χ2n) is 9.37. The van der Waals surface area contributed by atoms with Crippen molar-refractivity contribution in [2.75, 3.05) is 6.61 Å². The van der Waals surface area contributed by atoms with Gasteiger partial charge in [0.2, 0.25) is 0 Å². The molecule has 5 rings (SSSR count). The zero-order chi connectivity index (χ0) is 24.4. The fraction of sp³-hybridized carbons (Fsp3) is 0.333. The molecule has 0 aliphatic heterocycles. The number of nitrogens with zero attached hydrogens (tertiary/aromatic N) is 1. The van der Waals surface area contributed by atoms with Crippen LogP contribution in [0.4, 0.5) is 0 Å². The van der Waals surface area contributed by atoms with Gasteiger partial charge in [-0.15, -0.1) is 23.7 Å². The summed E-state index contributed by atoms with van der Waals surface area (Å²) in [6, 6.07) is 16.4. The maximum atomic E-state index is 12.1. The average Bonchev–Trinajstić information content (AvgIpc) is 3.44. The van der Waals surface area contributed by atoms with E-state index in [2.05, 4.69) is 38.1 Å². The molecule has 0 bridgehead atoms. The van der Waals surface area contributed by atoms with Gasteiger partial charge in [0.1, 0.15) is 10.6 Å². The minimum absolute atomic E-state index is 0. The van der Waals surface area contributed by atoms with E-state index < -0.39 is 5.97 Å². The number of ether oxygens (including phenoxy) is 1. The Balaban J connectivity index is 0.00000304. The summed E-state index contributed by atoms with van der Waals surface area (Å²) >= 11 is 1.77. The maximum Gasteiger partial charge on any atom is 0.307 e. The maximum absolute atomic E-state index is 12.1. The molecule has 0 saturated carbocycles. The van der Waals surface area contributed by atoms with Crippen LogP contribution in [0, 0.1) is 6.92 Å². The molecule has 4 nitrogen and oxygen atoms in total. The molecule has 0 amide bonds. The van der Waals surface area contributed by atoms with E-state index in [1.807, 2.05) is 24.3 Å². The van der Waals surface area contributed by atoms with Crippen LogP contribution in [0.1, 0.15) is 54.2 Å². The van der Waals surface area contributed by atoms with E-state index >= 15 is 0 Å². The number of aromatic nitrogens is 1. The van der Waals surface area contributed by atoms with Gasteiger partial charge >= 0.3 is 5.97 Å². The van der Waals surface area contributed by atoms with E-state index in [-0.39, 0.29) is 18.8 Å².